The van der Waals surface area contributed by atoms with Crippen LogP contribution in [-0.4, -0.2) is 53.1 Å². The number of halogens is 4. The molecule has 0 N–H and O–H groups in total. The second-order valence-electron chi connectivity index (χ2n) is 7.00. The molecule has 0 radical (unpaired) electrons. The third kappa shape index (κ3) is 4.30. The van der Waals surface area contributed by atoms with Gasteiger partial charge in [0.25, 0.3) is 11.8 Å². The van der Waals surface area contributed by atoms with E-state index in [0.29, 0.717) is 9.80 Å². The third-order valence-electron chi connectivity index (χ3n) is 4.88. The molecule has 0 aromatic heterocycles. The molecular weight excluding hydrogens is 404 g/mol. The van der Waals surface area contributed by atoms with Gasteiger partial charge in [0.1, 0.15) is 6.10 Å². The molecule has 2 unspecified atom stereocenters. The Morgan fingerprint density at radius 3 is 2.40 bits per heavy atom. The van der Waals surface area contributed by atoms with Crippen molar-refractivity contribution in [2.24, 2.45) is 0 Å². The Hall–Kier alpha value is -2.94. The standard InChI is InChI=1S/C21H20F4N2O3/c1-3-8-14(4-2)20(22,23)13-27-18-16(30-18)11-17(28)26(19(27)29)12-21(24,25)15-9-6-5-7-10-15/h3-10,16,18H,1-2,11-13H2/b14-8+. The van der Waals surface area contributed by atoms with E-state index >= 15 is 0 Å². The fourth-order valence-corrected chi connectivity index (χ4v) is 3.27. The quantitative estimate of drug-likeness (QED) is 0.359. The number of rotatable bonds is 8. The average Bonchev–Trinajstić information content (AvgIpc) is 3.47. The number of benzene rings is 1. The summed E-state index contributed by atoms with van der Waals surface area (Å²) in [7, 11) is 0. The second kappa shape index (κ2) is 8.06. The van der Waals surface area contributed by atoms with Crippen LogP contribution in [0.5, 0.6) is 0 Å². The van der Waals surface area contributed by atoms with Crippen LogP contribution >= 0.6 is 0 Å². The second-order valence-corrected chi connectivity index (χ2v) is 7.00. The first-order valence-electron chi connectivity index (χ1n) is 9.14. The summed E-state index contributed by atoms with van der Waals surface area (Å²) >= 11 is 0. The van der Waals surface area contributed by atoms with Gasteiger partial charge in [0.15, 0.2) is 6.23 Å². The third-order valence-corrected chi connectivity index (χ3v) is 4.88. The lowest BCUT2D eigenvalue weighted by Crippen LogP contribution is -2.52. The minimum Gasteiger partial charge on any atom is -0.347 e. The lowest BCUT2D eigenvalue weighted by atomic mass is 10.1. The number of allylic oxidation sites excluding steroid dienone is 3. The number of amides is 3. The zero-order valence-corrected chi connectivity index (χ0v) is 15.9. The van der Waals surface area contributed by atoms with Crippen LogP contribution < -0.4 is 0 Å². The molecule has 0 saturated carbocycles. The summed E-state index contributed by atoms with van der Waals surface area (Å²) in [6, 6.07) is 5.42. The lowest BCUT2D eigenvalue weighted by molar-refractivity contribution is -0.134. The molecule has 5 nitrogen and oxygen atoms in total. The summed E-state index contributed by atoms with van der Waals surface area (Å²) in [4.78, 5) is 26.2. The highest BCUT2D eigenvalue weighted by atomic mass is 19.3. The first-order chi connectivity index (χ1) is 14.1. The molecule has 1 aromatic carbocycles. The maximum atomic E-state index is 14.7. The van der Waals surface area contributed by atoms with Crippen molar-refractivity contribution in [1.82, 2.24) is 9.80 Å². The van der Waals surface area contributed by atoms with E-state index in [0.717, 1.165) is 30.4 Å². The number of fused-ring (bicyclic) bond motifs is 1. The highest BCUT2D eigenvalue weighted by Crippen LogP contribution is 2.38. The van der Waals surface area contributed by atoms with Crippen LogP contribution in [0.25, 0.3) is 0 Å². The summed E-state index contributed by atoms with van der Waals surface area (Å²) < 4.78 is 64.0. The summed E-state index contributed by atoms with van der Waals surface area (Å²) in [5, 5.41) is 0. The largest absolute Gasteiger partial charge is 0.347 e. The monoisotopic (exact) mass is 424 g/mol. The molecule has 160 valence electrons. The smallest absolute Gasteiger partial charge is 0.329 e. The van der Waals surface area contributed by atoms with Gasteiger partial charge in [0.05, 0.1) is 19.5 Å². The molecule has 2 heterocycles. The van der Waals surface area contributed by atoms with E-state index in [1.807, 2.05) is 0 Å². The molecule has 2 aliphatic rings. The predicted molar refractivity (Wildman–Crippen MR) is 101 cm³/mol. The van der Waals surface area contributed by atoms with Crippen molar-refractivity contribution in [2.45, 2.75) is 30.6 Å². The summed E-state index contributed by atoms with van der Waals surface area (Å²) in [6.45, 7) is 4.26. The van der Waals surface area contributed by atoms with Crippen molar-refractivity contribution in [3.05, 3.63) is 72.9 Å². The number of imide groups is 1. The van der Waals surface area contributed by atoms with Crippen LogP contribution in [0.15, 0.2) is 67.3 Å². The molecular formula is C21H20F4N2O3. The first-order valence-corrected chi connectivity index (χ1v) is 9.14. The average molecular weight is 424 g/mol. The lowest BCUT2D eigenvalue weighted by Gasteiger charge is -2.32. The van der Waals surface area contributed by atoms with Crippen LogP contribution in [0.3, 0.4) is 0 Å². The molecule has 0 bridgehead atoms. The molecule has 3 amide bonds. The van der Waals surface area contributed by atoms with Gasteiger partial charge in [-0.05, 0) is 0 Å². The van der Waals surface area contributed by atoms with E-state index in [9.17, 15) is 27.2 Å². The van der Waals surface area contributed by atoms with Gasteiger partial charge >= 0.3 is 6.03 Å². The number of nitrogens with zero attached hydrogens (tertiary/aromatic N) is 2. The van der Waals surface area contributed by atoms with Gasteiger partial charge < -0.3 is 4.74 Å². The highest BCUT2D eigenvalue weighted by molar-refractivity contribution is 5.96. The van der Waals surface area contributed by atoms with Gasteiger partial charge in [-0.1, -0.05) is 61.7 Å². The Labute approximate surface area is 170 Å². The van der Waals surface area contributed by atoms with Gasteiger partial charge in [0.2, 0.25) is 5.91 Å². The van der Waals surface area contributed by atoms with E-state index in [-0.39, 0.29) is 6.42 Å². The molecule has 0 spiro atoms. The van der Waals surface area contributed by atoms with E-state index < -0.39 is 60.3 Å². The van der Waals surface area contributed by atoms with Crippen LogP contribution in [0.2, 0.25) is 0 Å². The van der Waals surface area contributed by atoms with Crippen LogP contribution in [0.4, 0.5) is 22.4 Å². The molecule has 9 heteroatoms. The molecule has 3 rings (SSSR count). The first kappa shape index (κ1) is 21.8. The molecule has 0 aliphatic carbocycles. The number of carbonyl (C=O) groups excluding carboxylic acids is 2. The van der Waals surface area contributed by atoms with Gasteiger partial charge in [-0.2, -0.15) is 17.6 Å². The molecule has 2 aliphatic heterocycles. The Morgan fingerprint density at radius 2 is 1.80 bits per heavy atom. The Balaban J connectivity index is 1.87. The Kier molecular flexibility index (Phi) is 5.85. The molecule has 30 heavy (non-hydrogen) atoms. The number of hydrogen-bond acceptors (Lipinski definition) is 3. The zero-order chi connectivity index (χ0) is 22.1. The summed E-state index contributed by atoms with van der Waals surface area (Å²) in [6.07, 6.45) is 0.872. The number of carbonyl (C=O) groups is 2. The summed E-state index contributed by atoms with van der Waals surface area (Å²) in [5.74, 6) is -8.01. The van der Waals surface area contributed by atoms with Gasteiger partial charge in [-0.25, -0.2) is 4.79 Å². The van der Waals surface area contributed by atoms with Crippen molar-refractivity contribution in [1.29, 1.82) is 0 Å². The maximum Gasteiger partial charge on any atom is 0.329 e. The minimum atomic E-state index is -3.55. The number of epoxide rings is 1. The van der Waals surface area contributed by atoms with Crippen molar-refractivity contribution >= 4 is 11.9 Å². The van der Waals surface area contributed by atoms with Crippen LogP contribution in [0, 0.1) is 0 Å². The Morgan fingerprint density at radius 1 is 1.13 bits per heavy atom. The van der Waals surface area contributed by atoms with E-state index in [4.69, 9.17) is 4.74 Å². The fraction of sp³-hybridized carbons (Fsp3) is 0.333. The molecule has 2 fully saturated rings. The Bertz CT molecular complexity index is 885. The van der Waals surface area contributed by atoms with Crippen molar-refractivity contribution in [3.63, 3.8) is 0 Å². The number of alkyl halides is 4. The predicted octanol–water partition coefficient (Wildman–Crippen LogP) is 4.09. The van der Waals surface area contributed by atoms with Crippen molar-refractivity contribution < 1.29 is 31.9 Å². The zero-order valence-electron chi connectivity index (χ0n) is 15.9. The topological polar surface area (TPSA) is 53.2 Å². The number of urea groups is 1. The molecule has 2 saturated heterocycles. The van der Waals surface area contributed by atoms with Crippen molar-refractivity contribution in [2.75, 3.05) is 13.1 Å². The van der Waals surface area contributed by atoms with Crippen LogP contribution in [-0.2, 0) is 15.5 Å². The fourth-order valence-electron chi connectivity index (χ4n) is 3.27. The van der Waals surface area contributed by atoms with Crippen molar-refractivity contribution in [3.8, 4) is 0 Å². The van der Waals surface area contributed by atoms with E-state index in [1.165, 1.54) is 12.1 Å². The molecule has 1 aromatic rings. The van der Waals surface area contributed by atoms with Gasteiger partial charge in [0, 0.05) is 11.1 Å². The van der Waals surface area contributed by atoms with Gasteiger partial charge in [-0.3, -0.25) is 14.6 Å². The van der Waals surface area contributed by atoms with E-state index in [1.54, 1.807) is 6.07 Å². The number of ether oxygens (including phenoxy) is 1. The molecule has 2 atom stereocenters. The summed E-state index contributed by atoms with van der Waals surface area (Å²) in [5.41, 5.74) is -0.893. The van der Waals surface area contributed by atoms with Crippen LogP contribution in [0.1, 0.15) is 12.0 Å². The van der Waals surface area contributed by atoms with E-state index in [2.05, 4.69) is 13.2 Å². The number of hydrogen-bond donors (Lipinski definition) is 0. The SMILES string of the molecule is C=C/C=C(\C=C)C(F)(F)CN1C(=O)N(CC(F)(F)c2ccccc2)C(=O)CC2OC21. The van der Waals surface area contributed by atoms with Gasteiger partial charge in [-0.15, -0.1) is 0 Å². The highest BCUT2D eigenvalue weighted by Gasteiger charge is 2.56. The normalized spacial score (nSPS) is 22.5. The minimum absolute atomic E-state index is 0.323. The maximum absolute atomic E-state index is 14.7.